The highest BCUT2D eigenvalue weighted by atomic mass is 79.9. The summed E-state index contributed by atoms with van der Waals surface area (Å²) in [6.07, 6.45) is -5.11. The minimum atomic E-state index is -4.22. The van der Waals surface area contributed by atoms with Gasteiger partial charge >= 0.3 is 6.18 Å². The molecule has 1 aliphatic rings. The molecule has 1 N–H and O–H groups in total. The molecular weight excluding hydrogens is 357 g/mol. The van der Waals surface area contributed by atoms with Crippen molar-refractivity contribution in [3.8, 4) is 0 Å². The van der Waals surface area contributed by atoms with Crippen LogP contribution in [0.4, 0.5) is 13.2 Å². The van der Waals surface area contributed by atoms with Crippen molar-refractivity contribution in [3.63, 3.8) is 0 Å². The van der Waals surface area contributed by atoms with Gasteiger partial charge in [-0.2, -0.15) is 13.2 Å². The molecule has 0 amide bonds. The standard InChI is InChI=1S/C13H15BrClF3N2/c14-9-1-2-11(15)10(7-9)12(8-13(16,17)18)20-5-3-19-4-6-20/h1-2,7,12,19H,3-6,8H2/t12-/m0/s1. The van der Waals surface area contributed by atoms with Crippen LogP contribution in [0, 0.1) is 0 Å². The molecule has 7 heteroatoms. The molecule has 0 bridgehead atoms. The number of piperazine rings is 1. The second kappa shape index (κ2) is 6.64. The Morgan fingerprint density at radius 2 is 1.95 bits per heavy atom. The summed E-state index contributed by atoms with van der Waals surface area (Å²) in [6.45, 7) is 2.56. The summed E-state index contributed by atoms with van der Waals surface area (Å²) in [5, 5.41) is 3.52. The van der Waals surface area contributed by atoms with Crippen LogP contribution in [-0.2, 0) is 0 Å². The van der Waals surface area contributed by atoms with E-state index < -0.39 is 18.6 Å². The van der Waals surface area contributed by atoms with E-state index in [9.17, 15) is 13.2 Å². The van der Waals surface area contributed by atoms with Crippen LogP contribution >= 0.6 is 27.5 Å². The largest absolute Gasteiger partial charge is 0.390 e. The molecule has 1 aliphatic heterocycles. The third-order valence-electron chi connectivity index (χ3n) is 3.33. The van der Waals surface area contributed by atoms with Gasteiger partial charge in [0.15, 0.2) is 0 Å². The highest BCUT2D eigenvalue weighted by Gasteiger charge is 2.36. The first-order valence-electron chi connectivity index (χ1n) is 6.33. The van der Waals surface area contributed by atoms with Gasteiger partial charge in [0, 0.05) is 41.7 Å². The predicted molar refractivity (Wildman–Crippen MR) is 77.0 cm³/mol. The first kappa shape index (κ1) is 16.1. The highest BCUT2D eigenvalue weighted by Crippen LogP contribution is 2.38. The van der Waals surface area contributed by atoms with E-state index in [-0.39, 0.29) is 0 Å². The summed E-state index contributed by atoms with van der Waals surface area (Å²) in [4.78, 5) is 1.84. The van der Waals surface area contributed by atoms with Gasteiger partial charge in [-0.05, 0) is 23.8 Å². The average molecular weight is 372 g/mol. The molecule has 0 aliphatic carbocycles. The first-order chi connectivity index (χ1) is 9.37. The Kier molecular flexibility index (Phi) is 5.34. The smallest absolute Gasteiger partial charge is 0.314 e. The van der Waals surface area contributed by atoms with Gasteiger partial charge in [-0.25, -0.2) is 0 Å². The van der Waals surface area contributed by atoms with Gasteiger partial charge in [-0.1, -0.05) is 27.5 Å². The van der Waals surface area contributed by atoms with Crippen LogP contribution in [0.1, 0.15) is 18.0 Å². The van der Waals surface area contributed by atoms with E-state index in [1.54, 1.807) is 18.2 Å². The molecule has 1 atom stereocenters. The van der Waals surface area contributed by atoms with Crippen molar-refractivity contribution >= 4 is 27.5 Å². The van der Waals surface area contributed by atoms with Crippen molar-refractivity contribution in [3.05, 3.63) is 33.3 Å². The average Bonchev–Trinajstić information content (AvgIpc) is 2.39. The lowest BCUT2D eigenvalue weighted by Gasteiger charge is -2.36. The minimum Gasteiger partial charge on any atom is -0.314 e. The van der Waals surface area contributed by atoms with Crippen molar-refractivity contribution in [2.24, 2.45) is 0 Å². The number of hydrogen-bond donors (Lipinski definition) is 1. The molecule has 1 aromatic rings. The van der Waals surface area contributed by atoms with E-state index in [0.717, 1.165) is 4.47 Å². The fourth-order valence-electron chi connectivity index (χ4n) is 2.42. The molecule has 0 radical (unpaired) electrons. The Hall–Kier alpha value is -0.300. The van der Waals surface area contributed by atoms with Crippen LogP contribution in [0.15, 0.2) is 22.7 Å². The van der Waals surface area contributed by atoms with E-state index in [0.29, 0.717) is 36.8 Å². The van der Waals surface area contributed by atoms with Crippen molar-refractivity contribution in [1.29, 1.82) is 0 Å². The fourth-order valence-corrected chi connectivity index (χ4v) is 3.04. The Labute approximate surface area is 129 Å². The third-order valence-corrected chi connectivity index (χ3v) is 4.17. The van der Waals surface area contributed by atoms with Crippen molar-refractivity contribution in [1.82, 2.24) is 10.2 Å². The Morgan fingerprint density at radius 1 is 1.30 bits per heavy atom. The van der Waals surface area contributed by atoms with Gasteiger partial charge in [0.25, 0.3) is 0 Å². The molecular formula is C13H15BrClF3N2. The zero-order valence-electron chi connectivity index (χ0n) is 10.7. The maximum Gasteiger partial charge on any atom is 0.390 e. The Balaban J connectivity index is 2.31. The second-order valence-electron chi connectivity index (χ2n) is 4.79. The molecule has 112 valence electrons. The number of rotatable bonds is 3. The molecule has 2 nitrogen and oxygen atoms in total. The van der Waals surface area contributed by atoms with E-state index in [1.807, 2.05) is 4.90 Å². The number of benzene rings is 1. The number of alkyl halides is 3. The van der Waals surface area contributed by atoms with Crippen LogP contribution in [0.2, 0.25) is 5.02 Å². The molecule has 1 fully saturated rings. The highest BCUT2D eigenvalue weighted by molar-refractivity contribution is 9.10. The zero-order valence-corrected chi connectivity index (χ0v) is 13.0. The van der Waals surface area contributed by atoms with Gasteiger partial charge in [-0.3, -0.25) is 4.90 Å². The monoisotopic (exact) mass is 370 g/mol. The SMILES string of the molecule is FC(F)(F)C[C@@H](c1cc(Br)ccc1Cl)N1CCNCC1. The Morgan fingerprint density at radius 3 is 2.55 bits per heavy atom. The van der Waals surface area contributed by atoms with Crippen molar-refractivity contribution in [2.75, 3.05) is 26.2 Å². The van der Waals surface area contributed by atoms with Crippen molar-refractivity contribution < 1.29 is 13.2 Å². The van der Waals surface area contributed by atoms with Gasteiger partial charge in [-0.15, -0.1) is 0 Å². The van der Waals surface area contributed by atoms with Crippen molar-refractivity contribution in [2.45, 2.75) is 18.6 Å². The first-order valence-corrected chi connectivity index (χ1v) is 7.50. The lowest BCUT2D eigenvalue weighted by Crippen LogP contribution is -2.46. The lowest BCUT2D eigenvalue weighted by atomic mass is 10.0. The minimum absolute atomic E-state index is 0.376. The molecule has 1 saturated heterocycles. The molecule has 1 aromatic carbocycles. The Bertz CT molecular complexity index is 461. The predicted octanol–water partition coefficient (Wildman–Crippen LogP) is 4.00. The summed E-state index contributed by atoms with van der Waals surface area (Å²) in [6, 6.07) is 4.31. The van der Waals surface area contributed by atoms with Gasteiger partial charge < -0.3 is 5.32 Å². The third kappa shape index (κ3) is 4.35. The van der Waals surface area contributed by atoms with Crippen LogP contribution in [-0.4, -0.2) is 37.3 Å². The van der Waals surface area contributed by atoms with Crippen LogP contribution in [0.3, 0.4) is 0 Å². The van der Waals surface area contributed by atoms with Crippen LogP contribution in [0.5, 0.6) is 0 Å². The quantitative estimate of drug-likeness (QED) is 0.864. The molecule has 0 spiro atoms. The van der Waals surface area contributed by atoms with Gasteiger partial charge in [0.05, 0.1) is 6.42 Å². The van der Waals surface area contributed by atoms with Crippen LogP contribution in [0.25, 0.3) is 0 Å². The molecule has 2 rings (SSSR count). The topological polar surface area (TPSA) is 15.3 Å². The normalized spacial score (nSPS) is 19.1. The molecule has 0 aromatic heterocycles. The molecule has 20 heavy (non-hydrogen) atoms. The number of halogens is 5. The van der Waals surface area contributed by atoms with E-state index in [2.05, 4.69) is 21.2 Å². The number of nitrogens with one attached hydrogen (secondary N) is 1. The maximum absolute atomic E-state index is 12.9. The van der Waals surface area contributed by atoms with Gasteiger partial charge in [0.2, 0.25) is 0 Å². The summed E-state index contributed by atoms with van der Waals surface area (Å²) in [7, 11) is 0. The molecule has 0 saturated carbocycles. The van der Waals surface area contributed by atoms with E-state index >= 15 is 0 Å². The van der Waals surface area contributed by atoms with E-state index in [1.165, 1.54) is 0 Å². The summed E-state index contributed by atoms with van der Waals surface area (Å²) >= 11 is 9.41. The summed E-state index contributed by atoms with van der Waals surface area (Å²) in [5.74, 6) is 0. The maximum atomic E-state index is 12.9. The summed E-state index contributed by atoms with van der Waals surface area (Å²) < 4.78 is 39.4. The van der Waals surface area contributed by atoms with Gasteiger partial charge in [0.1, 0.15) is 0 Å². The second-order valence-corrected chi connectivity index (χ2v) is 6.11. The summed E-state index contributed by atoms with van der Waals surface area (Å²) in [5.41, 5.74) is 0.528. The number of nitrogens with zero attached hydrogens (tertiary/aromatic N) is 1. The fraction of sp³-hybridized carbons (Fsp3) is 0.538. The zero-order chi connectivity index (χ0) is 14.8. The number of hydrogen-bond acceptors (Lipinski definition) is 2. The van der Waals surface area contributed by atoms with E-state index in [4.69, 9.17) is 11.6 Å². The van der Waals surface area contributed by atoms with Crippen LogP contribution < -0.4 is 5.32 Å². The molecule has 0 unspecified atom stereocenters. The lowest BCUT2D eigenvalue weighted by molar-refractivity contribution is -0.148. The molecule has 1 heterocycles.